The molecule has 0 aliphatic heterocycles. The van der Waals surface area contributed by atoms with Crippen LogP contribution in [0.2, 0.25) is 0 Å². The molecule has 0 saturated carbocycles. The van der Waals surface area contributed by atoms with E-state index in [1.165, 1.54) is 9.58 Å². The molecule has 0 saturated heterocycles. The lowest BCUT2D eigenvalue weighted by atomic mass is 10.1. The van der Waals surface area contributed by atoms with E-state index in [0.717, 1.165) is 5.56 Å². The maximum Gasteiger partial charge on any atom is 0.277 e. The molecule has 1 aromatic heterocycles. The van der Waals surface area contributed by atoms with Gasteiger partial charge in [-0.1, -0.05) is 43.3 Å². The van der Waals surface area contributed by atoms with Crippen molar-refractivity contribution in [2.45, 2.75) is 37.0 Å². The van der Waals surface area contributed by atoms with Crippen molar-refractivity contribution in [2.24, 2.45) is 0 Å². The van der Waals surface area contributed by atoms with E-state index in [0.29, 0.717) is 29.1 Å². The summed E-state index contributed by atoms with van der Waals surface area (Å²) in [4.78, 5) is 25.7. The van der Waals surface area contributed by atoms with Crippen LogP contribution in [0.1, 0.15) is 19.4 Å². The van der Waals surface area contributed by atoms with Gasteiger partial charge < -0.3 is 5.32 Å². The average molecular weight is 382 g/mol. The third-order valence-corrected chi connectivity index (χ3v) is 4.95. The van der Waals surface area contributed by atoms with Crippen LogP contribution in [0.4, 0.5) is 0 Å². The number of nitrogens with one attached hydrogen (secondary N) is 1. The van der Waals surface area contributed by atoms with E-state index in [-0.39, 0.29) is 18.0 Å². The highest BCUT2D eigenvalue weighted by molar-refractivity contribution is 7.99. The molecule has 0 atom stereocenters. The van der Waals surface area contributed by atoms with E-state index in [4.69, 9.17) is 0 Å². The number of hydrogen-bond acceptors (Lipinski definition) is 5. The van der Waals surface area contributed by atoms with Crippen molar-refractivity contribution >= 4 is 28.6 Å². The summed E-state index contributed by atoms with van der Waals surface area (Å²) in [5, 5.41) is 11.8. The summed E-state index contributed by atoms with van der Waals surface area (Å²) >= 11 is 1.79. The van der Waals surface area contributed by atoms with Crippen molar-refractivity contribution in [2.75, 3.05) is 6.54 Å². The highest BCUT2D eigenvalue weighted by Crippen LogP contribution is 2.22. The molecule has 0 spiro atoms. The van der Waals surface area contributed by atoms with Crippen molar-refractivity contribution in [1.29, 1.82) is 0 Å². The molecule has 1 amide bonds. The lowest BCUT2D eigenvalue weighted by Crippen LogP contribution is -2.33. The number of benzene rings is 2. The smallest absolute Gasteiger partial charge is 0.277 e. The molecule has 3 rings (SSSR count). The Morgan fingerprint density at radius 3 is 2.63 bits per heavy atom. The van der Waals surface area contributed by atoms with Crippen LogP contribution in [0.25, 0.3) is 10.9 Å². The van der Waals surface area contributed by atoms with Crippen LogP contribution in [0.5, 0.6) is 0 Å². The van der Waals surface area contributed by atoms with Crippen molar-refractivity contribution in [1.82, 2.24) is 20.3 Å². The minimum absolute atomic E-state index is 0.0824. The maximum absolute atomic E-state index is 12.3. The Hall–Kier alpha value is -2.67. The molecule has 0 aliphatic rings. The number of hydrogen-bond donors (Lipinski definition) is 1. The van der Waals surface area contributed by atoms with Crippen LogP contribution in [-0.2, 0) is 17.8 Å². The van der Waals surface area contributed by atoms with Crippen molar-refractivity contribution in [3.63, 3.8) is 0 Å². The molecule has 0 fully saturated rings. The monoisotopic (exact) mass is 382 g/mol. The molecule has 140 valence electrons. The van der Waals surface area contributed by atoms with Gasteiger partial charge in [0.15, 0.2) is 0 Å². The van der Waals surface area contributed by atoms with Gasteiger partial charge in [-0.05, 0) is 29.8 Å². The first-order chi connectivity index (χ1) is 13.0. The van der Waals surface area contributed by atoms with Crippen molar-refractivity contribution in [3.05, 3.63) is 64.4 Å². The van der Waals surface area contributed by atoms with E-state index >= 15 is 0 Å². The average Bonchev–Trinajstić information content (AvgIpc) is 2.65. The Labute approximate surface area is 162 Å². The van der Waals surface area contributed by atoms with Crippen LogP contribution in [0.15, 0.2) is 58.2 Å². The molecule has 2 aromatic carbocycles. The quantitative estimate of drug-likeness (QED) is 0.636. The fraction of sp³-hybridized carbons (Fsp3) is 0.300. The lowest BCUT2D eigenvalue weighted by Gasteiger charge is -2.08. The van der Waals surface area contributed by atoms with E-state index in [2.05, 4.69) is 29.5 Å². The fourth-order valence-electron chi connectivity index (χ4n) is 2.68. The molecular formula is C20H22N4O2S. The molecule has 7 heteroatoms. The van der Waals surface area contributed by atoms with Crippen LogP contribution in [0, 0.1) is 0 Å². The molecule has 1 N–H and O–H groups in total. The Morgan fingerprint density at radius 2 is 1.89 bits per heavy atom. The summed E-state index contributed by atoms with van der Waals surface area (Å²) < 4.78 is 1.28. The Kier molecular flexibility index (Phi) is 6.24. The zero-order chi connectivity index (χ0) is 19.2. The molecular weight excluding hydrogens is 360 g/mol. The second-order valence-electron chi connectivity index (χ2n) is 6.47. The van der Waals surface area contributed by atoms with Gasteiger partial charge in [-0.15, -0.1) is 16.9 Å². The van der Waals surface area contributed by atoms with Gasteiger partial charge in [0.05, 0.1) is 18.4 Å². The number of thioether (sulfide) groups is 1. The first-order valence-corrected chi connectivity index (χ1v) is 9.76. The van der Waals surface area contributed by atoms with Gasteiger partial charge in [-0.2, -0.15) is 0 Å². The normalized spacial score (nSPS) is 11.1. The number of fused-ring (bicyclic) bond motifs is 1. The van der Waals surface area contributed by atoms with E-state index in [9.17, 15) is 9.59 Å². The van der Waals surface area contributed by atoms with Gasteiger partial charge in [0.2, 0.25) is 5.91 Å². The number of carbonyl (C=O) groups is 1. The third-order valence-electron chi connectivity index (χ3n) is 3.93. The van der Waals surface area contributed by atoms with Gasteiger partial charge >= 0.3 is 0 Å². The molecule has 3 aromatic rings. The molecule has 6 nitrogen and oxygen atoms in total. The van der Waals surface area contributed by atoms with E-state index < -0.39 is 0 Å². The minimum atomic E-state index is -0.201. The molecule has 0 unspecified atom stereocenters. The summed E-state index contributed by atoms with van der Waals surface area (Å²) in [7, 11) is 0. The molecule has 27 heavy (non-hydrogen) atoms. The van der Waals surface area contributed by atoms with Crippen LogP contribution in [0.3, 0.4) is 0 Å². The van der Waals surface area contributed by atoms with Gasteiger partial charge in [0.1, 0.15) is 5.52 Å². The second-order valence-corrected chi connectivity index (χ2v) is 8.12. The number of carbonyl (C=O) groups excluding carboxylic acids is 1. The standard InChI is InChI=1S/C20H22N4O2S/c1-14(2)27-16-9-7-15(8-10-16)13-19(25)21-11-12-24-20(26)17-5-3-4-6-18(17)22-23-24/h3-10,14H,11-13H2,1-2H3,(H,21,25). The van der Waals surface area contributed by atoms with Gasteiger partial charge in [-0.25, -0.2) is 4.68 Å². The zero-order valence-electron chi connectivity index (χ0n) is 15.4. The van der Waals surface area contributed by atoms with Crippen LogP contribution in [-0.4, -0.2) is 32.7 Å². The van der Waals surface area contributed by atoms with Crippen LogP contribution >= 0.6 is 11.8 Å². The summed E-state index contributed by atoms with van der Waals surface area (Å²) in [5.41, 5.74) is 1.33. The lowest BCUT2D eigenvalue weighted by molar-refractivity contribution is -0.120. The summed E-state index contributed by atoms with van der Waals surface area (Å²) in [6.07, 6.45) is 0.310. The highest BCUT2D eigenvalue weighted by atomic mass is 32.2. The summed E-state index contributed by atoms with van der Waals surface area (Å²) in [5.74, 6) is -0.0824. The number of rotatable bonds is 7. The predicted molar refractivity (Wildman–Crippen MR) is 108 cm³/mol. The van der Waals surface area contributed by atoms with Gasteiger partial charge in [0.25, 0.3) is 5.56 Å². The van der Waals surface area contributed by atoms with Gasteiger partial charge in [0, 0.05) is 16.7 Å². The predicted octanol–water partition coefficient (Wildman–Crippen LogP) is 2.65. The van der Waals surface area contributed by atoms with Crippen LogP contribution < -0.4 is 10.9 Å². The number of aromatic nitrogens is 3. The highest BCUT2D eigenvalue weighted by Gasteiger charge is 2.07. The van der Waals surface area contributed by atoms with Crippen molar-refractivity contribution in [3.8, 4) is 0 Å². The first kappa shape index (κ1) is 19.1. The zero-order valence-corrected chi connectivity index (χ0v) is 16.2. The molecule has 0 aliphatic carbocycles. The summed E-state index contributed by atoms with van der Waals surface area (Å²) in [6.45, 7) is 4.91. The Balaban J connectivity index is 1.52. The first-order valence-electron chi connectivity index (χ1n) is 8.88. The molecule has 0 radical (unpaired) electrons. The largest absolute Gasteiger partial charge is 0.354 e. The Morgan fingerprint density at radius 1 is 1.15 bits per heavy atom. The van der Waals surface area contributed by atoms with E-state index in [1.54, 1.807) is 30.0 Å². The SMILES string of the molecule is CC(C)Sc1ccc(CC(=O)NCCn2nnc3ccccc3c2=O)cc1. The van der Waals surface area contributed by atoms with Crippen molar-refractivity contribution < 1.29 is 4.79 Å². The maximum atomic E-state index is 12.3. The summed E-state index contributed by atoms with van der Waals surface area (Å²) in [6, 6.07) is 15.1. The van der Waals surface area contributed by atoms with E-state index in [1.807, 2.05) is 30.3 Å². The minimum Gasteiger partial charge on any atom is -0.354 e. The third kappa shape index (κ3) is 5.17. The number of amides is 1. The Bertz CT molecular complexity index is 983. The molecule has 0 bridgehead atoms. The topological polar surface area (TPSA) is 76.9 Å². The number of nitrogens with zero attached hydrogens (tertiary/aromatic N) is 3. The fourth-order valence-corrected chi connectivity index (χ4v) is 3.51. The molecule has 1 heterocycles. The second kappa shape index (κ2) is 8.81. The van der Waals surface area contributed by atoms with Gasteiger partial charge in [-0.3, -0.25) is 9.59 Å².